The Bertz CT molecular complexity index is 2030. The number of aromatic nitrogens is 2. The summed E-state index contributed by atoms with van der Waals surface area (Å²) in [5.41, 5.74) is 3.94. The Kier molecular flexibility index (Phi) is 8.12. The lowest BCUT2D eigenvalue weighted by Crippen LogP contribution is -2.20. The lowest BCUT2D eigenvalue weighted by molar-refractivity contribution is 0.267. The molecule has 0 saturated heterocycles. The van der Waals surface area contributed by atoms with Crippen molar-refractivity contribution < 1.29 is 13.9 Å². The molecule has 210 valence electrons. The van der Waals surface area contributed by atoms with Crippen molar-refractivity contribution in [2.24, 2.45) is 5.10 Å². The summed E-state index contributed by atoms with van der Waals surface area (Å²) in [7, 11) is 0. The van der Waals surface area contributed by atoms with Gasteiger partial charge in [0.15, 0.2) is 17.3 Å². The Morgan fingerprint density at radius 2 is 1.88 bits per heavy atom. The molecule has 6 aromatic rings. The Hall–Kier alpha value is -3.96. The van der Waals surface area contributed by atoms with Gasteiger partial charge in [-0.2, -0.15) is 9.78 Å². The van der Waals surface area contributed by atoms with E-state index < -0.39 is 0 Å². The molecule has 9 heteroatoms. The summed E-state index contributed by atoms with van der Waals surface area (Å²) < 4.78 is 21.3. The van der Waals surface area contributed by atoms with Crippen LogP contribution in [0.2, 0.25) is 0 Å². The molecule has 0 saturated carbocycles. The smallest absolute Gasteiger partial charge is 0.282 e. The molecular formula is C33H25BrIN3O4. The summed E-state index contributed by atoms with van der Waals surface area (Å²) in [5, 5.41) is 5.96. The molecule has 7 nitrogen and oxygen atoms in total. The molecule has 4 aromatic carbocycles. The molecule has 0 aliphatic heterocycles. The van der Waals surface area contributed by atoms with Crippen molar-refractivity contribution in [3.05, 3.63) is 120 Å². The average molecular weight is 734 g/mol. The van der Waals surface area contributed by atoms with Crippen LogP contribution < -0.4 is 15.0 Å². The highest BCUT2D eigenvalue weighted by atomic mass is 127. The number of rotatable bonds is 8. The van der Waals surface area contributed by atoms with Crippen molar-refractivity contribution in [2.45, 2.75) is 20.5 Å². The Morgan fingerprint density at radius 3 is 2.71 bits per heavy atom. The van der Waals surface area contributed by atoms with Gasteiger partial charge in [0, 0.05) is 9.86 Å². The number of ether oxygens (including phenoxy) is 2. The van der Waals surface area contributed by atoms with Crippen LogP contribution in [0.1, 0.15) is 23.6 Å². The predicted octanol–water partition coefficient (Wildman–Crippen LogP) is 8.35. The van der Waals surface area contributed by atoms with Crippen LogP contribution in [0.3, 0.4) is 0 Å². The van der Waals surface area contributed by atoms with E-state index >= 15 is 0 Å². The fourth-order valence-electron chi connectivity index (χ4n) is 4.66. The Morgan fingerprint density at radius 1 is 1.02 bits per heavy atom. The van der Waals surface area contributed by atoms with Crippen LogP contribution in [-0.2, 0) is 6.61 Å². The second-order valence-corrected chi connectivity index (χ2v) is 11.7. The van der Waals surface area contributed by atoms with Crippen molar-refractivity contribution in [3.8, 4) is 23.1 Å². The highest BCUT2D eigenvalue weighted by Gasteiger charge is 2.17. The highest BCUT2D eigenvalue weighted by Crippen LogP contribution is 2.35. The van der Waals surface area contributed by atoms with E-state index in [9.17, 15) is 4.79 Å². The monoisotopic (exact) mass is 733 g/mol. The number of furan rings is 1. The summed E-state index contributed by atoms with van der Waals surface area (Å²) in [5.74, 6) is 2.01. The van der Waals surface area contributed by atoms with E-state index in [1.54, 1.807) is 18.3 Å². The maximum absolute atomic E-state index is 13.7. The summed E-state index contributed by atoms with van der Waals surface area (Å²) in [6, 6.07) is 26.8. The van der Waals surface area contributed by atoms with Crippen LogP contribution in [0.4, 0.5) is 0 Å². The highest BCUT2D eigenvalue weighted by molar-refractivity contribution is 14.1. The zero-order chi connectivity index (χ0) is 29.2. The minimum absolute atomic E-state index is 0.300. The average Bonchev–Trinajstić information content (AvgIpc) is 3.39. The Balaban J connectivity index is 1.40. The Labute approximate surface area is 264 Å². The van der Waals surface area contributed by atoms with E-state index in [4.69, 9.17) is 18.9 Å². The largest absolute Gasteiger partial charge is 0.490 e. The normalized spacial score (nSPS) is 11.5. The lowest BCUT2D eigenvalue weighted by atomic mass is 10.1. The molecule has 2 heterocycles. The van der Waals surface area contributed by atoms with E-state index in [0.29, 0.717) is 52.8 Å². The summed E-state index contributed by atoms with van der Waals surface area (Å²) >= 11 is 5.74. The minimum atomic E-state index is -0.300. The molecule has 6 rings (SSSR count). The number of hydrogen-bond donors (Lipinski definition) is 0. The van der Waals surface area contributed by atoms with Crippen molar-refractivity contribution in [1.29, 1.82) is 0 Å². The minimum Gasteiger partial charge on any atom is -0.490 e. The van der Waals surface area contributed by atoms with Gasteiger partial charge in [0.25, 0.3) is 5.56 Å². The van der Waals surface area contributed by atoms with Crippen molar-refractivity contribution in [2.75, 3.05) is 6.61 Å². The molecule has 0 fully saturated rings. The first-order chi connectivity index (χ1) is 20.4. The standard InChI is InChI=1S/C33H25BrIN3O4/c1-3-40-29-15-22(14-26(35)31(29)41-19-21-8-6-7-20(2)13-21)18-36-38-32(37-27-10-5-4-9-25(27)33(38)39)30-17-23-16-24(34)11-12-28(23)42-30/h4-18H,3,19H2,1-2H3. The number of hydrogen-bond acceptors (Lipinski definition) is 6. The van der Waals surface area contributed by atoms with Gasteiger partial charge in [-0.3, -0.25) is 4.79 Å². The summed E-state index contributed by atoms with van der Waals surface area (Å²) in [6.07, 6.45) is 1.62. The van der Waals surface area contributed by atoms with Crippen LogP contribution >= 0.6 is 38.5 Å². The van der Waals surface area contributed by atoms with E-state index in [0.717, 1.165) is 24.6 Å². The first-order valence-corrected chi connectivity index (χ1v) is 15.2. The van der Waals surface area contributed by atoms with Gasteiger partial charge in [-0.25, -0.2) is 4.98 Å². The SMILES string of the molecule is CCOc1cc(C=Nn2c(-c3cc4cc(Br)ccc4o3)nc3ccccc3c2=O)cc(I)c1OCc1cccc(C)c1. The quantitative estimate of drug-likeness (QED) is 0.116. The molecule has 0 bridgehead atoms. The van der Waals surface area contributed by atoms with Crippen LogP contribution in [-0.4, -0.2) is 22.5 Å². The molecule has 2 aromatic heterocycles. The second-order valence-electron chi connectivity index (χ2n) is 9.65. The molecule has 0 radical (unpaired) electrons. The lowest BCUT2D eigenvalue weighted by Gasteiger charge is -2.15. The van der Waals surface area contributed by atoms with Crippen LogP contribution in [0.15, 0.2) is 104 Å². The summed E-state index contributed by atoms with van der Waals surface area (Å²) in [6.45, 7) is 4.87. The fraction of sp³-hybridized carbons (Fsp3) is 0.121. The molecule has 42 heavy (non-hydrogen) atoms. The van der Waals surface area contributed by atoms with E-state index in [1.165, 1.54) is 10.2 Å². The zero-order valence-corrected chi connectivity index (χ0v) is 26.5. The van der Waals surface area contributed by atoms with E-state index in [2.05, 4.69) is 62.7 Å². The number of fused-ring (bicyclic) bond motifs is 2. The van der Waals surface area contributed by atoms with E-state index in [-0.39, 0.29) is 5.56 Å². The van der Waals surface area contributed by atoms with Crippen molar-refractivity contribution in [1.82, 2.24) is 9.66 Å². The number of para-hydroxylation sites is 1. The summed E-state index contributed by atoms with van der Waals surface area (Å²) in [4.78, 5) is 18.4. The van der Waals surface area contributed by atoms with Crippen molar-refractivity contribution >= 4 is 66.6 Å². The van der Waals surface area contributed by atoms with E-state index in [1.807, 2.05) is 67.6 Å². The van der Waals surface area contributed by atoms with Gasteiger partial charge in [-0.1, -0.05) is 57.9 Å². The topological polar surface area (TPSA) is 78.9 Å². The van der Waals surface area contributed by atoms with Gasteiger partial charge in [-0.05, 0) is 96.1 Å². The van der Waals surface area contributed by atoms with Gasteiger partial charge >= 0.3 is 0 Å². The van der Waals surface area contributed by atoms with Gasteiger partial charge in [-0.15, -0.1) is 0 Å². The predicted molar refractivity (Wildman–Crippen MR) is 178 cm³/mol. The van der Waals surface area contributed by atoms with Gasteiger partial charge < -0.3 is 13.9 Å². The molecule has 0 N–H and O–H groups in total. The zero-order valence-electron chi connectivity index (χ0n) is 22.8. The van der Waals surface area contributed by atoms with Crippen LogP contribution in [0, 0.1) is 10.5 Å². The molecule has 0 unspecified atom stereocenters. The number of nitrogens with zero attached hydrogens (tertiary/aromatic N) is 3. The second kappa shape index (κ2) is 12.1. The van der Waals surface area contributed by atoms with Gasteiger partial charge in [0.1, 0.15) is 12.2 Å². The maximum atomic E-state index is 13.7. The van der Waals surface area contributed by atoms with Crippen LogP contribution in [0.25, 0.3) is 33.5 Å². The number of aryl methyl sites for hydroxylation is 1. The van der Waals surface area contributed by atoms with Gasteiger partial charge in [0.05, 0.1) is 27.3 Å². The first kappa shape index (κ1) is 28.2. The number of benzene rings is 4. The molecule has 0 aliphatic carbocycles. The molecule has 0 amide bonds. The third kappa shape index (κ3) is 5.84. The maximum Gasteiger partial charge on any atom is 0.282 e. The van der Waals surface area contributed by atoms with Crippen LogP contribution in [0.5, 0.6) is 11.5 Å². The first-order valence-electron chi connectivity index (χ1n) is 13.3. The third-order valence-electron chi connectivity index (χ3n) is 6.57. The molecule has 0 spiro atoms. The molecule has 0 atom stereocenters. The van der Waals surface area contributed by atoms with Crippen molar-refractivity contribution in [3.63, 3.8) is 0 Å². The molecular weight excluding hydrogens is 709 g/mol. The molecule has 0 aliphatic rings. The van der Waals surface area contributed by atoms with Gasteiger partial charge in [0.2, 0.25) is 5.82 Å². The fourth-order valence-corrected chi connectivity index (χ4v) is 5.82. The number of halogens is 2. The third-order valence-corrected chi connectivity index (χ3v) is 7.87.